The summed E-state index contributed by atoms with van der Waals surface area (Å²) in [4.78, 5) is 22.8. The zero-order chi connectivity index (χ0) is 17.8. The molecule has 0 spiro atoms. The number of halogens is 4. The number of nitrogens with one attached hydrogen (secondary N) is 1. The van der Waals surface area contributed by atoms with E-state index in [1.54, 1.807) is 0 Å². The zero-order valence-electron chi connectivity index (χ0n) is 12.0. The summed E-state index contributed by atoms with van der Waals surface area (Å²) < 4.78 is 37.5. The van der Waals surface area contributed by atoms with Crippen LogP contribution < -0.4 is 5.32 Å². The van der Waals surface area contributed by atoms with Crippen LogP contribution in [0.2, 0.25) is 0 Å². The number of carboxylic acids is 1. The van der Waals surface area contributed by atoms with E-state index in [0.717, 1.165) is 0 Å². The summed E-state index contributed by atoms with van der Waals surface area (Å²) in [5.74, 6) is -2.29. The molecule has 0 aromatic heterocycles. The quantitative estimate of drug-likeness (QED) is 0.737. The Morgan fingerprint density at radius 2 is 1.88 bits per heavy atom. The first-order valence-corrected chi connectivity index (χ1v) is 7.70. The number of carboxylic acid groups (broad SMARTS) is 1. The Kier molecular flexibility index (Phi) is 3.70. The van der Waals surface area contributed by atoms with Gasteiger partial charge in [-0.25, -0.2) is 0 Å². The molecule has 1 aromatic carbocycles. The Hall–Kier alpha value is -1.97. The first-order valence-electron chi connectivity index (χ1n) is 6.90. The van der Waals surface area contributed by atoms with E-state index in [2.05, 4.69) is 31.5 Å². The van der Waals surface area contributed by atoms with Crippen LogP contribution in [-0.4, -0.2) is 27.5 Å². The molecule has 1 aliphatic carbocycles. The SMILES string of the molecule is O=C(O)C1CC1(Br)C(=O)NCc1ccc(C2(C(F)(F)F)N=N2)cc1. The summed E-state index contributed by atoms with van der Waals surface area (Å²) in [5.41, 5.74) is -1.97. The number of aliphatic carboxylic acids is 1. The monoisotopic (exact) mass is 405 g/mol. The van der Waals surface area contributed by atoms with Crippen molar-refractivity contribution in [3.63, 3.8) is 0 Å². The standard InChI is InChI=1S/C14H11BrF3N3O3/c15-12(5-9(12)10(22)23)11(24)19-6-7-1-3-8(4-2-7)13(20-21-13)14(16,17)18/h1-4,9H,5-6H2,(H,19,24)(H,22,23). The van der Waals surface area contributed by atoms with Crippen molar-refractivity contribution in [2.45, 2.75) is 29.1 Å². The van der Waals surface area contributed by atoms with Gasteiger partial charge in [0.1, 0.15) is 4.32 Å². The fourth-order valence-corrected chi connectivity index (χ4v) is 3.06. The molecule has 3 rings (SSSR count). The number of alkyl halides is 4. The lowest BCUT2D eigenvalue weighted by Crippen LogP contribution is -2.34. The number of amides is 1. The minimum atomic E-state index is -4.58. The predicted octanol–water partition coefficient (Wildman–Crippen LogP) is 2.72. The van der Waals surface area contributed by atoms with Crippen molar-refractivity contribution >= 4 is 27.8 Å². The molecule has 0 bridgehead atoms. The predicted molar refractivity (Wildman–Crippen MR) is 78.3 cm³/mol. The van der Waals surface area contributed by atoms with Crippen LogP contribution in [-0.2, 0) is 21.8 Å². The number of nitrogens with zero attached hydrogens (tertiary/aromatic N) is 2. The van der Waals surface area contributed by atoms with Gasteiger partial charge in [-0.3, -0.25) is 9.59 Å². The molecule has 1 aliphatic heterocycles. The highest BCUT2D eigenvalue weighted by molar-refractivity contribution is 9.10. The first kappa shape index (κ1) is 16.9. The Balaban J connectivity index is 1.60. The Labute approximate surface area is 142 Å². The third-order valence-electron chi connectivity index (χ3n) is 4.07. The average molecular weight is 406 g/mol. The molecule has 2 unspecified atom stereocenters. The molecule has 1 fully saturated rings. The van der Waals surface area contributed by atoms with Crippen LogP contribution in [0.25, 0.3) is 0 Å². The second-order valence-electron chi connectivity index (χ2n) is 5.71. The van der Waals surface area contributed by atoms with E-state index in [4.69, 9.17) is 5.11 Å². The van der Waals surface area contributed by atoms with Gasteiger partial charge in [0.25, 0.3) is 0 Å². The number of benzene rings is 1. The van der Waals surface area contributed by atoms with E-state index in [1.807, 2.05) is 0 Å². The molecule has 0 saturated heterocycles. The van der Waals surface area contributed by atoms with E-state index < -0.39 is 34.0 Å². The molecule has 2 N–H and O–H groups in total. The number of hydrogen-bond donors (Lipinski definition) is 2. The number of carbonyl (C=O) groups excluding carboxylic acids is 1. The molecule has 6 nitrogen and oxygen atoms in total. The Bertz CT molecular complexity index is 729. The molecule has 2 aliphatic rings. The van der Waals surface area contributed by atoms with Gasteiger partial charge in [-0.2, -0.15) is 13.2 Å². The van der Waals surface area contributed by atoms with Crippen molar-refractivity contribution in [2.75, 3.05) is 0 Å². The summed E-state index contributed by atoms with van der Waals surface area (Å²) in [7, 11) is 0. The number of carbonyl (C=O) groups is 2. The van der Waals surface area contributed by atoms with Gasteiger partial charge in [-0.05, 0) is 12.0 Å². The minimum Gasteiger partial charge on any atom is -0.481 e. The maximum atomic E-state index is 12.9. The fraction of sp³-hybridized carbons (Fsp3) is 0.429. The van der Waals surface area contributed by atoms with Gasteiger partial charge >= 0.3 is 17.8 Å². The molecule has 2 atom stereocenters. The topological polar surface area (TPSA) is 91.1 Å². The average Bonchev–Trinajstić information content (AvgIpc) is 3.39. The summed E-state index contributed by atoms with van der Waals surface area (Å²) in [6.07, 6.45) is -4.38. The highest BCUT2D eigenvalue weighted by Gasteiger charge is 2.65. The third kappa shape index (κ3) is 2.68. The van der Waals surface area contributed by atoms with Crippen LogP contribution in [0.5, 0.6) is 0 Å². The number of rotatable bonds is 5. The highest BCUT2D eigenvalue weighted by Crippen LogP contribution is 2.52. The van der Waals surface area contributed by atoms with E-state index in [-0.39, 0.29) is 18.5 Å². The van der Waals surface area contributed by atoms with Crippen LogP contribution in [0.4, 0.5) is 13.2 Å². The van der Waals surface area contributed by atoms with Crippen molar-refractivity contribution < 1.29 is 27.9 Å². The van der Waals surface area contributed by atoms with Crippen molar-refractivity contribution in [2.24, 2.45) is 16.1 Å². The van der Waals surface area contributed by atoms with Crippen molar-refractivity contribution in [1.82, 2.24) is 5.32 Å². The molecule has 24 heavy (non-hydrogen) atoms. The fourth-order valence-electron chi connectivity index (χ4n) is 2.40. The minimum absolute atomic E-state index is 0.0755. The van der Waals surface area contributed by atoms with Crippen LogP contribution in [0.1, 0.15) is 17.5 Å². The maximum Gasteiger partial charge on any atom is 0.442 e. The molecule has 1 amide bonds. The molecule has 10 heteroatoms. The van der Waals surface area contributed by atoms with Gasteiger partial charge in [-0.1, -0.05) is 40.2 Å². The second kappa shape index (κ2) is 5.27. The molecule has 128 valence electrons. The van der Waals surface area contributed by atoms with Gasteiger partial charge in [0.15, 0.2) is 0 Å². The van der Waals surface area contributed by atoms with E-state index >= 15 is 0 Å². The van der Waals surface area contributed by atoms with Crippen LogP contribution in [0, 0.1) is 5.92 Å². The molecule has 1 aromatic rings. The molecular formula is C14H11BrF3N3O3. The Morgan fingerprint density at radius 1 is 1.29 bits per heavy atom. The van der Waals surface area contributed by atoms with Gasteiger partial charge in [0.2, 0.25) is 5.91 Å². The summed E-state index contributed by atoms with van der Waals surface area (Å²) in [5, 5.41) is 17.7. The molecule has 0 radical (unpaired) electrons. The van der Waals surface area contributed by atoms with Gasteiger partial charge in [0, 0.05) is 12.1 Å². The lowest BCUT2D eigenvalue weighted by molar-refractivity contribution is -0.166. The lowest BCUT2D eigenvalue weighted by atomic mass is 10.0. The van der Waals surface area contributed by atoms with E-state index in [9.17, 15) is 22.8 Å². The summed E-state index contributed by atoms with van der Waals surface area (Å²) in [6, 6.07) is 5.40. The number of hydrogen-bond acceptors (Lipinski definition) is 4. The van der Waals surface area contributed by atoms with Crippen LogP contribution >= 0.6 is 15.9 Å². The lowest BCUT2D eigenvalue weighted by Gasteiger charge is -2.15. The highest BCUT2D eigenvalue weighted by atomic mass is 79.9. The zero-order valence-corrected chi connectivity index (χ0v) is 13.6. The Morgan fingerprint density at radius 3 is 2.29 bits per heavy atom. The molecular weight excluding hydrogens is 395 g/mol. The van der Waals surface area contributed by atoms with Gasteiger partial charge in [-0.15, -0.1) is 10.2 Å². The summed E-state index contributed by atoms with van der Waals surface area (Å²) >= 11 is 3.12. The van der Waals surface area contributed by atoms with Gasteiger partial charge < -0.3 is 10.4 Å². The summed E-state index contributed by atoms with van der Waals surface area (Å²) in [6.45, 7) is 0.0755. The smallest absolute Gasteiger partial charge is 0.442 e. The van der Waals surface area contributed by atoms with Crippen molar-refractivity contribution in [3.05, 3.63) is 35.4 Å². The van der Waals surface area contributed by atoms with E-state index in [1.165, 1.54) is 24.3 Å². The largest absolute Gasteiger partial charge is 0.481 e. The molecule has 1 heterocycles. The van der Waals surface area contributed by atoms with Crippen LogP contribution in [0.3, 0.4) is 0 Å². The maximum absolute atomic E-state index is 12.9. The third-order valence-corrected chi connectivity index (χ3v) is 5.31. The van der Waals surface area contributed by atoms with Gasteiger partial charge in [0.05, 0.1) is 5.92 Å². The normalized spacial score (nSPS) is 26.8. The first-order chi connectivity index (χ1) is 11.1. The molecule has 1 saturated carbocycles. The van der Waals surface area contributed by atoms with Crippen molar-refractivity contribution in [1.29, 1.82) is 0 Å². The van der Waals surface area contributed by atoms with Crippen molar-refractivity contribution in [3.8, 4) is 0 Å². The second-order valence-corrected chi connectivity index (χ2v) is 7.12. The van der Waals surface area contributed by atoms with Crippen LogP contribution in [0.15, 0.2) is 34.5 Å². The van der Waals surface area contributed by atoms with E-state index in [0.29, 0.717) is 5.56 Å².